The third-order valence-electron chi connectivity index (χ3n) is 3.16. The molecule has 0 aliphatic heterocycles. The Morgan fingerprint density at radius 3 is 2.86 bits per heavy atom. The van der Waals surface area contributed by atoms with Crippen LogP contribution in [0.15, 0.2) is 24.4 Å². The second-order valence-corrected chi connectivity index (χ2v) is 4.63. The van der Waals surface area contributed by atoms with Gasteiger partial charge in [-0.2, -0.15) is 5.10 Å². The van der Waals surface area contributed by atoms with Crippen molar-refractivity contribution < 1.29 is 19.0 Å². The monoisotopic (exact) mass is 292 g/mol. The second-order valence-electron chi connectivity index (χ2n) is 4.63. The van der Waals surface area contributed by atoms with Gasteiger partial charge in [0.15, 0.2) is 0 Å². The molecule has 5 nitrogen and oxygen atoms in total. The van der Waals surface area contributed by atoms with E-state index in [0.29, 0.717) is 6.54 Å². The van der Waals surface area contributed by atoms with Crippen LogP contribution in [0.3, 0.4) is 0 Å². The van der Waals surface area contributed by atoms with Crippen LogP contribution in [0, 0.1) is 5.82 Å². The summed E-state index contributed by atoms with van der Waals surface area (Å²) in [5.74, 6) is -1.44. The van der Waals surface area contributed by atoms with Crippen LogP contribution in [0.5, 0.6) is 5.75 Å². The van der Waals surface area contributed by atoms with Crippen molar-refractivity contribution in [3.63, 3.8) is 0 Å². The minimum absolute atomic E-state index is 0.0329. The minimum Gasteiger partial charge on any atom is -0.496 e. The van der Waals surface area contributed by atoms with Crippen LogP contribution in [0.2, 0.25) is 0 Å². The summed E-state index contributed by atoms with van der Waals surface area (Å²) >= 11 is 0. The van der Waals surface area contributed by atoms with E-state index >= 15 is 0 Å². The summed E-state index contributed by atoms with van der Waals surface area (Å²) in [6.45, 7) is 2.62. The van der Waals surface area contributed by atoms with Gasteiger partial charge in [-0.15, -0.1) is 0 Å². The lowest BCUT2D eigenvalue weighted by atomic mass is 10.1. The number of carboxylic acids is 1. The number of carboxylic acid groups (broad SMARTS) is 1. The molecule has 0 radical (unpaired) electrons. The van der Waals surface area contributed by atoms with E-state index in [0.717, 1.165) is 12.8 Å². The molecular formula is C15H17FN2O3. The lowest BCUT2D eigenvalue weighted by Gasteiger charge is -2.08. The predicted molar refractivity (Wildman–Crippen MR) is 76.0 cm³/mol. The number of unbranched alkanes of at least 4 members (excludes halogenated alkanes) is 1. The zero-order chi connectivity index (χ0) is 15.4. The van der Waals surface area contributed by atoms with Crippen LogP contribution in [0.1, 0.15) is 30.1 Å². The first-order valence-electron chi connectivity index (χ1n) is 6.72. The average Bonchev–Trinajstić information content (AvgIpc) is 2.88. The normalized spacial score (nSPS) is 10.6. The molecule has 6 heteroatoms. The molecule has 1 N–H and O–H groups in total. The number of hydrogen-bond donors (Lipinski definition) is 1. The van der Waals surface area contributed by atoms with E-state index in [1.165, 1.54) is 30.1 Å². The number of hydrogen-bond acceptors (Lipinski definition) is 3. The van der Waals surface area contributed by atoms with Gasteiger partial charge in [-0.3, -0.25) is 4.68 Å². The lowest BCUT2D eigenvalue weighted by molar-refractivity contribution is 0.0697. The molecule has 0 bridgehead atoms. The van der Waals surface area contributed by atoms with E-state index in [2.05, 4.69) is 5.10 Å². The first-order chi connectivity index (χ1) is 10.1. The number of rotatable bonds is 6. The molecule has 0 spiro atoms. The van der Waals surface area contributed by atoms with Crippen molar-refractivity contribution in [3.8, 4) is 17.0 Å². The molecule has 0 aliphatic rings. The molecule has 0 unspecified atom stereocenters. The second kappa shape index (κ2) is 6.39. The summed E-state index contributed by atoms with van der Waals surface area (Å²) in [5, 5.41) is 13.5. The largest absolute Gasteiger partial charge is 0.496 e. The zero-order valence-corrected chi connectivity index (χ0v) is 12.0. The van der Waals surface area contributed by atoms with E-state index in [9.17, 15) is 14.3 Å². The van der Waals surface area contributed by atoms with Gasteiger partial charge < -0.3 is 9.84 Å². The number of methoxy groups -OCH3 is 1. The van der Waals surface area contributed by atoms with E-state index in [4.69, 9.17) is 4.74 Å². The minimum atomic E-state index is -1.14. The molecule has 0 atom stereocenters. The Morgan fingerprint density at radius 1 is 1.48 bits per heavy atom. The van der Waals surface area contributed by atoms with Crippen LogP contribution < -0.4 is 4.74 Å². The Kier molecular flexibility index (Phi) is 4.57. The summed E-state index contributed by atoms with van der Waals surface area (Å²) in [4.78, 5) is 11.4. The molecule has 2 aromatic rings. The van der Waals surface area contributed by atoms with Gasteiger partial charge in [0.2, 0.25) is 0 Å². The highest BCUT2D eigenvalue weighted by molar-refractivity contribution is 5.95. The standard InChI is InChI=1S/C15H17FN2O3/c1-3-4-8-18-9-10(15(19)20)14(17-18)13-11(16)6-5-7-12(13)21-2/h5-7,9H,3-4,8H2,1-2H3,(H,19,20). The molecule has 21 heavy (non-hydrogen) atoms. The highest BCUT2D eigenvalue weighted by atomic mass is 19.1. The van der Waals surface area contributed by atoms with Gasteiger partial charge in [-0.25, -0.2) is 9.18 Å². The summed E-state index contributed by atoms with van der Waals surface area (Å²) < 4.78 is 20.8. The number of aromatic nitrogens is 2. The molecule has 1 aromatic carbocycles. The number of aromatic carboxylic acids is 1. The van der Waals surface area contributed by atoms with Gasteiger partial charge in [-0.1, -0.05) is 19.4 Å². The van der Waals surface area contributed by atoms with Crippen LogP contribution in [0.4, 0.5) is 4.39 Å². The lowest BCUT2D eigenvalue weighted by Crippen LogP contribution is -2.00. The predicted octanol–water partition coefficient (Wildman–Crippen LogP) is 3.20. The molecule has 0 saturated carbocycles. The summed E-state index contributed by atoms with van der Waals surface area (Å²) in [6, 6.07) is 4.34. The van der Waals surface area contributed by atoms with Gasteiger partial charge in [0.25, 0.3) is 0 Å². The maximum atomic E-state index is 14.1. The molecule has 0 saturated heterocycles. The summed E-state index contributed by atoms with van der Waals surface area (Å²) in [6.07, 6.45) is 3.26. The molecule has 1 heterocycles. The van der Waals surface area contributed by atoms with Crippen LogP contribution in [0.25, 0.3) is 11.3 Å². The summed E-state index contributed by atoms with van der Waals surface area (Å²) in [7, 11) is 1.41. The highest BCUT2D eigenvalue weighted by Crippen LogP contribution is 2.33. The van der Waals surface area contributed by atoms with Crippen molar-refractivity contribution in [3.05, 3.63) is 35.8 Å². The maximum Gasteiger partial charge on any atom is 0.339 e. The third kappa shape index (κ3) is 3.04. The Morgan fingerprint density at radius 2 is 2.24 bits per heavy atom. The number of nitrogens with zero attached hydrogens (tertiary/aromatic N) is 2. The van der Waals surface area contributed by atoms with E-state index in [1.807, 2.05) is 6.92 Å². The molecular weight excluding hydrogens is 275 g/mol. The number of benzene rings is 1. The van der Waals surface area contributed by atoms with E-state index in [1.54, 1.807) is 6.07 Å². The number of carbonyl (C=O) groups is 1. The quantitative estimate of drug-likeness (QED) is 0.888. The highest BCUT2D eigenvalue weighted by Gasteiger charge is 2.22. The van der Waals surface area contributed by atoms with Crippen LogP contribution in [-0.4, -0.2) is 28.0 Å². The smallest absolute Gasteiger partial charge is 0.339 e. The zero-order valence-electron chi connectivity index (χ0n) is 12.0. The van der Waals surface area contributed by atoms with Gasteiger partial charge >= 0.3 is 5.97 Å². The summed E-state index contributed by atoms with van der Waals surface area (Å²) in [5.41, 5.74) is 0.135. The van der Waals surface area contributed by atoms with Crippen molar-refractivity contribution in [2.45, 2.75) is 26.3 Å². The Labute approximate surface area is 122 Å². The van der Waals surface area contributed by atoms with Gasteiger partial charge in [0, 0.05) is 12.7 Å². The molecule has 0 aliphatic carbocycles. The molecule has 2 rings (SSSR count). The van der Waals surface area contributed by atoms with Crippen LogP contribution >= 0.6 is 0 Å². The van der Waals surface area contributed by atoms with Gasteiger partial charge in [-0.05, 0) is 18.6 Å². The fourth-order valence-electron chi connectivity index (χ4n) is 2.10. The molecule has 1 aromatic heterocycles. The fourth-order valence-corrected chi connectivity index (χ4v) is 2.10. The van der Waals surface area contributed by atoms with Crippen molar-refractivity contribution in [2.24, 2.45) is 0 Å². The maximum absolute atomic E-state index is 14.1. The third-order valence-corrected chi connectivity index (χ3v) is 3.16. The van der Waals surface area contributed by atoms with Crippen molar-refractivity contribution >= 4 is 5.97 Å². The fraction of sp³-hybridized carbons (Fsp3) is 0.333. The van der Waals surface area contributed by atoms with Crippen molar-refractivity contribution in [1.29, 1.82) is 0 Å². The van der Waals surface area contributed by atoms with Crippen molar-refractivity contribution in [2.75, 3.05) is 7.11 Å². The average molecular weight is 292 g/mol. The SMILES string of the molecule is CCCCn1cc(C(=O)O)c(-c2c(F)cccc2OC)n1. The van der Waals surface area contributed by atoms with Crippen molar-refractivity contribution in [1.82, 2.24) is 9.78 Å². The Balaban J connectivity index is 2.57. The number of halogens is 1. The van der Waals surface area contributed by atoms with E-state index in [-0.39, 0.29) is 22.6 Å². The topological polar surface area (TPSA) is 64.4 Å². The first-order valence-corrected chi connectivity index (χ1v) is 6.72. The molecule has 0 fully saturated rings. The molecule has 0 amide bonds. The number of aryl methyl sites for hydroxylation is 1. The Bertz CT molecular complexity index is 652. The van der Waals surface area contributed by atoms with Gasteiger partial charge in [0.1, 0.15) is 22.8 Å². The molecule has 112 valence electrons. The first kappa shape index (κ1) is 15.0. The van der Waals surface area contributed by atoms with E-state index < -0.39 is 11.8 Å². The number of ether oxygens (including phenoxy) is 1. The van der Waals surface area contributed by atoms with Gasteiger partial charge in [0.05, 0.1) is 12.7 Å². The van der Waals surface area contributed by atoms with Crippen LogP contribution in [-0.2, 0) is 6.54 Å². The Hall–Kier alpha value is -2.37.